The highest BCUT2D eigenvalue weighted by Gasteiger charge is 2.25. The third kappa shape index (κ3) is 7.47. The molecule has 1 aromatic carbocycles. The van der Waals surface area contributed by atoms with Crippen LogP contribution in [0.15, 0.2) is 35.4 Å². The maximum absolute atomic E-state index is 12.1. The van der Waals surface area contributed by atoms with Crippen molar-refractivity contribution in [2.45, 2.75) is 18.9 Å². The molecule has 130 valence electrons. The Morgan fingerprint density at radius 3 is 2.54 bits per heavy atom. The number of hydrogen-bond donors (Lipinski definition) is 3. The molecule has 2 amide bonds. The van der Waals surface area contributed by atoms with Gasteiger partial charge in [-0.15, -0.1) is 0 Å². The zero-order valence-electron chi connectivity index (χ0n) is 12.6. The summed E-state index contributed by atoms with van der Waals surface area (Å²) in [5.74, 6) is -1.38. The van der Waals surface area contributed by atoms with Gasteiger partial charge in [0.25, 0.3) is 5.91 Å². The highest BCUT2D eigenvalue weighted by atomic mass is 32.2. The smallest absolute Gasteiger partial charge is 0.405 e. The van der Waals surface area contributed by atoms with Gasteiger partial charge in [0, 0.05) is 17.9 Å². The fourth-order valence-electron chi connectivity index (χ4n) is 1.85. The number of carbonyl (C=O) groups is 2. The first-order valence-electron chi connectivity index (χ1n) is 6.92. The molecule has 24 heavy (non-hydrogen) atoms. The fraction of sp³-hybridized carbons (Fsp3) is 0.385. The van der Waals surface area contributed by atoms with Crippen LogP contribution in [0, 0.1) is 0 Å². The first-order valence-corrected chi connectivity index (χ1v) is 8.58. The molecule has 1 atom stereocenters. The molecule has 0 bridgehead atoms. The van der Waals surface area contributed by atoms with Crippen molar-refractivity contribution in [3.8, 4) is 0 Å². The molecule has 0 saturated heterocycles. The van der Waals surface area contributed by atoms with Crippen LogP contribution in [-0.2, 0) is 21.2 Å². The van der Waals surface area contributed by atoms with Gasteiger partial charge in [-0.3, -0.25) is 9.52 Å². The minimum absolute atomic E-state index is 0.00716. The summed E-state index contributed by atoms with van der Waals surface area (Å²) in [4.78, 5) is 25.4. The standard InChI is InChI=1S/C13H17N5O5S/c14-18-15-7-4-8-24(22,23)17-12(19)11(16-13(20)21)9-10-5-2-1-3-6-10/h1-3,5-6,11,16H,4,7-9H2,(H,17,19)(H,20,21). The van der Waals surface area contributed by atoms with Gasteiger partial charge in [0.2, 0.25) is 10.0 Å². The molecule has 1 unspecified atom stereocenters. The maximum atomic E-state index is 12.1. The van der Waals surface area contributed by atoms with Gasteiger partial charge in [-0.25, -0.2) is 13.2 Å². The highest BCUT2D eigenvalue weighted by molar-refractivity contribution is 7.90. The number of benzene rings is 1. The summed E-state index contributed by atoms with van der Waals surface area (Å²) in [7, 11) is -3.95. The summed E-state index contributed by atoms with van der Waals surface area (Å²) in [5.41, 5.74) is 8.79. The van der Waals surface area contributed by atoms with E-state index >= 15 is 0 Å². The predicted octanol–water partition coefficient (Wildman–Crippen LogP) is 1.01. The Kier molecular flexibility index (Phi) is 7.53. The minimum atomic E-state index is -3.95. The topological polar surface area (TPSA) is 161 Å². The van der Waals surface area contributed by atoms with Crippen LogP contribution < -0.4 is 10.0 Å². The number of rotatable bonds is 9. The molecule has 1 aromatic rings. The van der Waals surface area contributed by atoms with E-state index in [9.17, 15) is 18.0 Å². The summed E-state index contributed by atoms with van der Waals surface area (Å²) >= 11 is 0. The Bertz CT molecular complexity index is 716. The van der Waals surface area contributed by atoms with Crippen molar-refractivity contribution >= 4 is 22.0 Å². The zero-order chi connectivity index (χ0) is 18.0. The number of sulfonamides is 1. The molecule has 3 N–H and O–H groups in total. The number of carbonyl (C=O) groups excluding carboxylic acids is 1. The highest BCUT2D eigenvalue weighted by Crippen LogP contribution is 2.04. The average Bonchev–Trinajstić information content (AvgIpc) is 2.51. The minimum Gasteiger partial charge on any atom is -0.465 e. The lowest BCUT2D eigenvalue weighted by molar-refractivity contribution is -0.121. The molecule has 0 heterocycles. The van der Waals surface area contributed by atoms with E-state index in [1.54, 1.807) is 30.3 Å². The van der Waals surface area contributed by atoms with E-state index in [0.29, 0.717) is 5.56 Å². The van der Waals surface area contributed by atoms with Crippen molar-refractivity contribution < 1.29 is 23.1 Å². The maximum Gasteiger partial charge on any atom is 0.405 e. The Balaban J connectivity index is 2.73. The van der Waals surface area contributed by atoms with Crippen molar-refractivity contribution in [2.75, 3.05) is 12.3 Å². The lowest BCUT2D eigenvalue weighted by Gasteiger charge is -2.17. The van der Waals surface area contributed by atoms with Gasteiger partial charge in [-0.2, -0.15) is 0 Å². The van der Waals surface area contributed by atoms with Crippen LogP contribution in [0.5, 0.6) is 0 Å². The van der Waals surface area contributed by atoms with Gasteiger partial charge >= 0.3 is 6.09 Å². The van der Waals surface area contributed by atoms with Crippen LogP contribution in [0.2, 0.25) is 0 Å². The van der Waals surface area contributed by atoms with Crippen LogP contribution in [-0.4, -0.2) is 43.9 Å². The third-order valence-corrected chi connectivity index (χ3v) is 4.23. The summed E-state index contributed by atoms with van der Waals surface area (Å²) < 4.78 is 25.4. The number of nitrogens with zero attached hydrogens (tertiary/aromatic N) is 3. The van der Waals surface area contributed by atoms with Crippen molar-refractivity contribution in [3.05, 3.63) is 46.3 Å². The Labute approximate surface area is 138 Å². The van der Waals surface area contributed by atoms with Crippen molar-refractivity contribution in [1.82, 2.24) is 10.0 Å². The molecule has 0 saturated carbocycles. The van der Waals surface area contributed by atoms with Gasteiger partial charge in [-0.05, 0) is 17.5 Å². The molecule has 0 fully saturated rings. The van der Waals surface area contributed by atoms with Crippen LogP contribution in [0.25, 0.3) is 10.4 Å². The predicted molar refractivity (Wildman–Crippen MR) is 85.7 cm³/mol. The normalized spacial score (nSPS) is 11.8. The molecule has 10 nitrogen and oxygen atoms in total. The van der Waals surface area contributed by atoms with E-state index < -0.39 is 33.8 Å². The summed E-state index contributed by atoms with van der Waals surface area (Å²) in [6.45, 7) is -0.0214. The van der Waals surface area contributed by atoms with Gasteiger partial charge < -0.3 is 10.4 Å². The number of azide groups is 1. The first kappa shape index (κ1) is 19.3. The average molecular weight is 355 g/mol. The van der Waals surface area contributed by atoms with E-state index in [1.165, 1.54) is 0 Å². The summed E-state index contributed by atoms with van der Waals surface area (Å²) in [6, 6.07) is 7.33. The first-order chi connectivity index (χ1) is 11.3. The van der Waals surface area contributed by atoms with Crippen LogP contribution >= 0.6 is 0 Å². The second-order valence-corrected chi connectivity index (χ2v) is 6.63. The third-order valence-electron chi connectivity index (χ3n) is 2.89. The number of amides is 2. The van der Waals surface area contributed by atoms with E-state index in [4.69, 9.17) is 10.6 Å². The molecule has 0 aromatic heterocycles. The Morgan fingerprint density at radius 2 is 1.96 bits per heavy atom. The molecule has 0 radical (unpaired) electrons. The molecular weight excluding hydrogens is 338 g/mol. The van der Waals surface area contributed by atoms with Crippen molar-refractivity contribution in [3.63, 3.8) is 0 Å². The molecule has 11 heteroatoms. The number of nitrogens with one attached hydrogen (secondary N) is 2. The van der Waals surface area contributed by atoms with Crippen LogP contribution in [0.1, 0.15) is 12.0 Å². The molecular formula is C13H17N5O5S. The SMILES string of the molecule is [N-]=[N+]=NCCCS(=O)(=O)NC(=O)C(Cc1ccccc1)NC(=O)O. The van der Waals surface area contributed by atoms with Gasteiger partial charge in [0.05, 0.1) is 5.75 Å². The monoisotopic (exact) mass is 355 g/mol. The largest absolute Gasteiger partial charge is 0.465 e. The van der Waals surface area contributed by atoms with E-state index in [1.807, 2.05) is 10.0 Å². The van der Waals surface area contributed by atoms with Crippen LogP contribution in [0.3, 0.4) is 0 Å². The van der Waals surface area contributed by atoms with Crippen LogP contribution in [0.4, 0.5) is 4.79 Å². The molecule has 0 aliphatic heterocycles. The van der Waals surface area contributed by atoms with Crippen molar-refractivity contribution in [1.29, 1.82) is 0 Å². The molecule has 0 spiro atoms. The fourth-order valence-corrected chi connectivity index (χ4v) is 2.91. The number of hydrogen-bond acceptors (Lipinski definition) is 5. The second kappa shape index (κ2) is 9.38. The van der Waals surface area contributed by atoms with Gasteiger partial charge in [0.1, 0.15) is 6.04 Å². The van der Waals surface area contributed by atoms with Gasteiger partial charge in [0.15, 0.2) is 0 Å². The lowest BCUT2D eigenvalue weighted by atomic mass is 10.1. The lowest BCUT2D eigenvalue weighted by Crippen LogP contribution is -2.49. The zero-order valence-corrected chi connectivity index (χ0v) is 13.4. The quantitative estimate of drug-likeness (QED) is 0.260. The Hall–Kier alpha value is -2.78. The summed E-state index contributed by atoms with van der Waals surface area (Å²) in [5, 5.41) is 14.0. The second-order valence-electron chi connectivity index (χ2n) is 4.79. The molecule has 1 rings (SSSR count). The summed E-state index contributed by atoms with van der Waals surface area (Å²) in [6.07, 6.45) is -1.39. The van der Waals surface area contributed by atoms with E-state index in [-0.39, 0.29) is 19.4 Å². The van der Waals surface area contributed by atoms with Gasteiger partial charge in [-0.1, -0.05) is 35.4 Å². The van der Waals surface area contributed by atoms with E-state index in [0.717, 1.165) is 0 Å². The number of carboxylic acid groups (broad SMARTS) is 1. The molecule has 0 aliphatic carbocycles. The van der Waals surface area contributed by atoms with Crippen molar-refractivity contribution in [2.24, 2.45) is 5.11 Å². The van der Waals surface area contributed by atoms with E-state index in [2.05, 4.69) is 10.0 Å². The molecule has 0 aliphatic rings. The Morgan fingerprint density at radius 1 is 1.29 bits per heavy atom.